The third kappa shape index (κ3) is 6.72. The van der Waals surface area contributed by atoms with Crippen LogP contribution >= 0.6 is 0 Å². The summed E-state index contributed by atoms with van der Waals surface area (Å²) in [6.45, 7) is 1.02. The molecule has 0 saturated heterocycles. The highest BCUT2D eigenvalue weighted by Crippen LogP contribution is 2.27. The Bertz CT molecular complexity index is 1360. The highest BCUT2D eigenvalue weighted by molar-refractivity contribution is 7.92. The fourth-order valence-corrected chi connectivity index (χ4v) is 4.11. The van der Waals surface area contributed by atoms with Crippen molar-refractivity contribution in [3.05, 3.63) is 65.9 Å². The molecular weight excluding hydrogens is 486 g/mol. The van der Waals surface area contributed by atoms with E-state index in [0.717, 1.165) is 11.8 Å². The van der Waals surface area contributed by atoms with Crippen molar-refractivity contribution in [2.24, 2.45) is 16.1 Å². The molecule has 1 aromatic heterocycles. The molecule has 0 fully saturated rings. The molecule has 3 N–H and O–H groups in total. The Morgan fingerprint density at radius 2 is 1.92 bits per heavy atom. The summed E-state index contributed by atoms with van der Waals surface area (Å²) in [4.78, 5) is 28.3. The number of carbonyl (C=O) groups excluding carboxylic acids is 2. The van der Waals surface area contributed by atoms with Crippen molar-refractivity contribution in [3.8, 4) is 11.4 Å². The van der Waals surface area contributed by atoms with Gasteiger partial charge in [0.2, 0.25) is 27.6 Å². The fraction of sp³-hybridized carbons (Fsp3) is 0.304. The highest BCUT2D eigenvalue weighted by Gasteiger charge is 2.26. The molecule has 1 aromatic carbocycles. The summed E-state index contributed by atoms with van der Waals surface area (Å²) in [5, 5.41) is 17.6. The lowest BCUT2D eigenvalue weighted by Gasteiger charge is -2.20. The molecule has 1 aliphatic heterocycles. The number of aryl methyl sites for hydroxylation is 1. The molecule has 2 aliphatic rings. The van der Waals surface area contributed by atoms with Gasteiger partial charge in [0.15, 0.2) is 5.82 Å². The maximum atomic E-state index is 12.2. The van der Waals surface area contributed by atoms with Gasteiger partial charge in [-0.3, -0.25) is 14.3 Å². The Morgan fingerprint density at radius 1 is 1.11 bits per heavy atom. The molecule has 2 amide bonds. The zero-order valence-electron chi connectivity index (χ0n) is 19.5. The Kier molecular flexibility index (Phi) is 7.68. The number of anilines is 1. The summed E-state index contributed by atoms with van der Waals surface area (Å²) < 4.78 is 30.2. The summed E-state index contributed by atoms with van der Waals surface area (Å²) in [5.74, 6) is 0.434. The summed E-state index contributed by atoms with van der Waals surface area (Å²) in [6.07, 6.45) is 9.51. The van der Waals surface area contributed by atoms with E-state index >= 15 is 0 Å². The molecule has 36 heavy (non-hydrogen) atoms. The average Bonchev–Trinajstić information content (AvgIpc) is 3.33. The first-order valence-corrected chi connectivity index (χ1v) is 13.1. The van der Waals surface area contributed by atoms with Gasteiger partial charge in [-0.2, -0.15) is 4.98 Å². The zero-order chi connectivity index (χ0) is 25.5. The van der Waals surface area contributed by atoms with Crippen molar-refractivity contribution >= 4 is 27.5 Å². The van der Waals surface area contributed by atoms with Gasteiger partial charge in [-0.1, -0.05) is 29.5 Å². The lowest BCUT2D eigenvalue weighted by atomic mass is 9.93. The molecule has 1 unspecified atom stereocenters. The number of nitrogens with one attached hydrogen (secondary N) is 3. The van der Waals surface area contributed by atoms with Crippen molar-refractivity contribution in [2.45, 2.75) is 19.3 Å². The molecule has 1 atom stereocenters. The first-order chi connectivity index (χ1) is 17.3. The molecule has 0 radical (unpaired) electrons. The van der Waals surface area contributed by atoms with Crippen LogP contribution in [0.15, 0.2) is 74.7 Å². The molecule has 4 rings (SSSR count). The maximum Gasteiger partial charge on any atom is 0.276 e. The van der Waals surface area contributed by atoms with Gasteiger partial charge >= 0.3 is 0 Å². The second-order valence-electron chi connectivity index (χ2n) is 8.16. The van der Waals surface area contributed by atoms with Gasteiger partial charge in [-0.15, -0.1) is 10.2 Å². The number of sulfonamides is 1. The van der Waals surface area contributed by atoms with Crippen LogP contribution < -0.4 is 15.4 Å². The first-order valence-electron chi connectivity index (χ1n) is 11.2. The molecule has 1 aliphatic carbocycles. The SMILES string of the molecule is CS(=O)(=O)Nc1ccc(-c2noc(CCC(=O)NCCCNC3=C4C=CC=CC4C(=O)N=N3)n2)cc1. The van der Waals surface area contributed by atoms with Crippen molar-refractivity contribution < 1.29 is 22.5 Å². The number of carbonyl (C=O) groups is 2. The van der Waals surface area contributed by atoms with Crippen LogP contribution in [0.5, 0.6) is 0 Å². The summed E-state index contributed by atoms with van der Waals surface area (Å²) >= 11 is 0. The second kappa shape index (κ2) is 11.1. The van der Waals surface area contributed by atoms with E-state index in [2.05, 4.69) is 35.7 Å². The number of aromatic nitrogens is 2. The van der Waals surface area contributed by atoms with Gasteiger partial charge in [0.05, 0.1) is 12.2 Å². The van der Waals surface area contributed by atoms with Crippen LogP contribution in [0.3, 0.4) is 0 Å². The molecule has 188 valence electrons. The predicted molar refractivity (Wildman–Crippen MR) is 131 cm³/mol. The van der Waals surface area contributed by atoms with Crippen LogP contribution in [0.25, 0.3) is 11.4 Å². The van der Waals surface area contributed by atoms with Crippen LogP contribution in [0.4, 0.5) is 5.69 Å². The van der Waals surface area contributed by atoms with E-state index in [1.807, 2.05) is 18.2 Å². The molecule has 0 bridgehead atoms. The number of amides is 2. The summed E-state index contributed by atoms with van der Waals surface area (Å²) in [7, 11) is -3.35. The predicted octanol–water partition coefficient (Wildman–Crippen LogP) is 2.08. The van der Waals surface area contributed by atoms with Gasteiger partial charge in [0.25, 0.3) is 5.91 Å². The zero-order valence-corrected chi connectivity index (χ0v) is 20.3. The lowest BCUT2D eigenvalue weighted by Crippen LogP contribution is -2.28. The Morgan fingerprint density at radius 3 is 2.69 bits per heavy atom. The van der Waals surface area contributed by atoms with Crippen molar-refractivity contribution in [2.75, 3.05) is 24.1 Å². The minimum atomic E-state index is -3.35. The van der Waals surface area contributed by atoms with Crippen LogP contribution in [0.2, 0.25) is 0 Å². The normalized spacial score (nSPS) is 16.7. The number of hydrogen-bond donors (Lipinski definition) is 3. The molecule has 2 aromatic rings. The quantitative estimate of drug-likeness (QED) is 0.385. The van der Waals surface area contributed by atoms with Crippen LogP contribution in [0.1, 0.15) is 18.7 Å². The molecule has 2 heterocycles. The van der Waals surface area contributed by atoms with Gasteiger partial charge in [-0.05, 0) is 30.7 Å². The molecule has 12 nitrogen and oxygen atoms in total. The number of azo groups is 1. The third-order valence-electron chi connectivity index (χ3n) is 5.26. The van der Waals surface area contributed by atoms with E-state index in [1.165, 1.54) is 0 Å². The molecular formula is C23H25N7O5S. The lowest BCUT2D eigenvalue weighted by molar-refractivity contribution is -0.121. The largest absolute Gasteiger partial charge is 0.368 e. The number of allylic oxidation sites excluding steroid dienone is 3. The minimum absolute atomic E-state index is 0.142. The average molecular weight is 512 g/mol. The topological polar surface area (TPSA) is 168 Å². The van der Waals surface area contributed by atoms with Gasteiger partial charge in [0.1, 0.15) is 0 Å². The van der Waals surface area contributed by atoms with Gasteiger partial charge < -0.3 is 15.2 Å². The van der Waals surface area contributed by atoms with E-state index in [-0.39, 0.29) is 24.7 Å². The van der Waals surface area contributed by atoms with E-state index < -0.39 is 15.9 Å². The third-order valence-corrected chi connectivity index (χ3v) is 5.87. The van der Waals surface area contributed by atoms with Crippen molar-refractivity contribution in [3.63, 3.8) is 0 Å². The van der Waals surface area contributed by atoms with Gasteiger partial charge in [-0.25, -0.2) is 8.42 Å². The smallest absolute Gasteiger partial charge is 0.276 e. The first kappa shape index (κ1) is 25.0. The van der Waals surface area contributed by atoms with Gasteiger partial charge in [0, 0.05) is 42.8 Å². The van der Waals surface area contributed by atoms with E-state index in [4.69, 9.17) is 4.52 Å². The number of fused-ring (bicyclic) bond motifs is 1. The Hall–Kier alpha value is -4.13. The Balaban J connectivity index is 1.17. The summed E-state index contributed by atoms with van der Waals surface area (Å²) in [6, 6.07) is 6.55. The Labute approximate surface area is 207 Å². The maximum absolute atomic E-state index is 12.2. The number of rotatable bonds is 11. The number of hydrogen-bond acceptors (Lipinski definition) is 9. The van der Waals surface area contributed by atoms with Crippen molar-refractivity contribution in [1.29, 1.82) is 0 Å². The molecule has 0 saturated carbocycles. The van der Waals surface area contributed by atoms with E-state index in [0.29, 0.717) is 48.3 Å². The fourth-order valence-electron chi connectivity index (χ4n) is 3.55. The van der Waals surface area contributed by atoms with Crippen molar-refractivity contribution in [1.82, 2.24) is 20.8 Å². The number of benzene rings is 1. The standard InChI is InChI=1S/C23H25N7O5S/c1-36(33,34)30-16-9-7-15(8-10-16)21-26-20(35-29-21)12-11-19(31)24-13-4-14-25-22-17-5-2-3-6-18(17)23(32)28-27-22/h2-3,5-10,18,25,30H,4,11-14H2,1H3,(H,24,31). The van der Waals surface area contributed by atoms with E-state index in [9.17, 15) is 18.0 Å². The minimum Gasteiger partial charge on any atom is -0.368 e. The highest BCUT2D eigenvalue weighted by atomic mass is 32.2. The molecule has 13 heteroatoms. The monoisotopic (exact) mass is 511 g/mol. The molecule has 0 spiro atoms. The summed E-state index contributed by atoms with van der Waals surface area (Å²) in [5.41, 5.74) is 1.88. The number of nitrogens with zero attached hydrogens (tertiary/aromatic N) is 4. The van der Waals surface area contributed by atoms with E-state index in [1.54, 1.807) is 30.3 Å². The second-order valence-corrected chi connectivity index (χ2v) is 9.91. The van der Waals surface area contributed by atoms with Crippen LogP contribution in [-0.2, 0) is 26.0 Å². The van der Waals surface area contributed by atoms with Crippen LogP contribution in [0, 0.1) is 5.92 Å². The van der Waals surface area contributed by atoms with Crippen LogP contribution in [-0.4, -0.2) is 49.7 Å².